The van der Waals surface area contributed by atoms with Crippen LogP contribution in [0.2, 0.25) is 0 Å². The molecule has 2 heterocycles. The molecule has 0 radical (unpaired) electrons. The second-order valence-corrected chi connectivity index (χ2v) is 7.02. The number of aryl methyl sites for hydroxylation is 1. The molecule has 1 saturated heterocycles. The molecule has 1 aromatic heterocycles. The van der Waals surface area contributed by atoms with Crippen LogP contribution in [0.3, 0.4) is 0 Å². The highest BCUT2D eigenvalue weighted by Gasteiger charge is 2.66. The number of halogens is 3. The average Bonchev–Trinajstić information content (AvgIpc) is 3.08. The van der Waals surface area contributed by atoms with E-state index < -0.39 is 35.7 Å². The van der Waals surface area contributed by atoms with Gasteiger partial charge >= 0.3 is 12.2 Å². The molecule has 138 valence electrons. The van der Waals surface area contributed by atoms with Crippen LogP contribution in [0.25, 0.3) is 0 Å². The number of alkyl halides is 3. The molecule has 0 aliphatic carbocycles. The largest absolute Gasteiger partial charge is 0.437 e. The highest BCUT2D eigenvalue weighted by atomic mass is 32.1. The topological polar surface area (TPSA) is 78.4 Å². The van der Waals surface area contributed by atoms with Gasteiger partial charge in [0.1, 0.15) is 5.92 Å². The molecule has 2 amide bonds. The molecule has 0 bridgehead atoms. The van der Waals surface area contributed by atoms with Gasteiger partial charge < -0.3 is 15.7 Å². The van der Waals surface area contributed by atoms with Gasteiger partial charge in [-0.3, -0.25) is 4.79 Å². The van der Waals surface area contributed by atoms with Crippen molar-refractivity contribution in [3.05, 3.63) is 57.8 Å². The lowest BCUT2D eigenvalue weighted by Crippen LogP contribution is -2.72. The number of rotatable bonds is 3. The minimum Gasteiger partial charge on any atom is -0.363 e. The van der Waals surface area contributed by atoms with Gasteiger partial charge in [-0.15, -0.1) is 11.3 Å². The summed E-state index contributed by atoms with van der Waals surface area (Å²) < 4.78 is 41.0. The van der Waals surface area contributed by atoms with Crippen LogP contribution >= 0.6 is 11.3 Å². The van der Waals surface area contributed by atoms with E-state index in [2.05, 4.69) is 5.32 Å². The minimum atomic E-state index is -5.24. The van der Waals surface area contributed by atoms with Crippen molar-refractivity contribution in [2.75, 3.05) is 0 Å². The van der Waals surface area contributed by atoms with Crippen LogP contribution in [0, 0.1) is 12.8 Å². The molecule has 1 aliphatic rings. The number of carbonyl (C=O) groups is 2. The van der Waals surface area contributed by atoms with Gasteiger partial charge in [-0.1, -0.05) is 35.9 Å². The maximum atomic E-state index is 13.7. The lowest BCUT2D eigenvalue weighted by Gasteiger charge is -2.44. The molecule has 1 fully saturated rings. The minimum absolute atomic E-state index is 0.0627. The number of urea groups is 1. The van der Waals surface area contributed by atoms with Gasteiger partial charge in [0.05, 0.1) is 10.9 Å². The van der Waals surface area contributed by atoms with Crippen LogP contribution < -0.4 is 10.6 Å². The van der Waals surface area contributed by atoms with Crippen molar-refractivity contribution in [1.82, 2.24) is 10.6 Å². The van der Waals surface area contributed by atoms with Crippen molar-refractivity contribution in [3.8, 4) is 0 Å². The van der Waals surface area contributed by atoms with Gasteiger partial charge in [-0.05, 0) is 23.9 Å². The molecule has 1 aromatic carbocycles. The number of ketones is 1. The summed E-state index contributed by atoms with van der Waals surface area (Å²) in [6.07, 6.45) is -5.24. The van der Waals surface area contributed by atoms with Crippen molar-refractivity contribution >= 4 is 23.2 Å². The zero-order valence-corrected chi connectivity index (χ0v) is 14.3. The number of carbonyl (C=O) groups excluding carboxylic acids is 2. The summed E-state index contributed by atoms with van der Waals surface area (Å²) >= 11 is 0.968. The number of thiophene rings is 1. The van der Waals surface area contributed by atoms with Gasteiger partial charge in [0, 0.05) is 0 Å². The molecule has 26 heavy (non-hydrogen) atoms. The monoisotopic (exact) mass is 384 g/mol. The normalized spacial score (nSPS) is 26.1. The fraction of sp³-hybridized carbons (Fsp3) is 0.294. The van der Waals surface area contributed by atoms with Crippen LogP contribution in [0.4, 0.5) is 18.0 Å². The fourth-order valence-corrected chi connectivity index (χ4v) is 3.67. The van der Waals surface area contributed by atoms with E-state index >= 15 is 0 Å². The smallest absolute Gasteiger partial charge is 0.363 e. The third-order valence-electron chi connectivity index (χ3n) is 4.29. The number of nitrogens with one attached hydrogen (secondary N) is 2. The summed E-state index contributed by atoms with van der Waals surface area (Å²) in [6, 6.07) is 6.73. The van der Waals surface area contributed by atoms with E-state index in [0.29, 0.717) is 5.56 Å². The van der Waals surface area contributed by atoms with Gasteiger partial charge in [0.2, 0.25) is 5.72 Å². The lowest BCUT2D eigenvalue weighted by molar-refractivity contribution is -0.287. The average molecular weight is 384 g/mol. The van der Waals surface area contributed by atoms with Gasteiger partial charge in [0.15, 0.2) is 5.78 Å². The first-order chi connectivity index (χ1) is 12.1. The van der Waals surface area contributed by atoms with Gasteiger partial charge in [-0.25, -0.2) is 4.79 Å². The van der Waals surface area contributed by atoms with Gasteiger partial charge in [-0.2, -0.15) is 13.2 Å². The van der Waals surface area contributed by atoms with E-state index in [9.17, 15) is 27.9 Å². The van der Waals surface area contributed by atoms with Crippen molar-refractivity contribution in [1.29, 1.82) is 0 Å². The van der Waals surface area contributed by atoms with Crippen LogP contribution in [0.1, 0.15) is 26.8 Å². The Morgan fingerprint density at radius 3 is 2.42 bits per heavy atom. The molecule has 1 aliphatic heterocycles. The molecule has 3 N–H and O–H groups in total. The molecule has 0 saturated carbocycles. The molecule has 3 rings (SSSR count). The molecule has 0 spiro atoms. The number of amides is 2. The number of hydrogen-bond acceptors (Lipinski definition) is 4. The maximum absolute atomic E-state index is 13.7. The second kappa shape index (κ2) is 6.40. The Hall–Kier alpha value is -2.39. The summed E-state index contributed by atoms with van der Waals surface area (Å²) in [6.45, 7) is 1.80. The maximum Gasteiger partial charge on any atom is 0.437 e. The number of benzene rings is 1. The van der Waals surface area contributed by atoms with Crippen molar-refractivity contribution < 1.29 is 27.9 Å². The zero-order valence-electron chi connectivity index (χ0n) is 13.5. The molecule has 3 unspecified atom stereocenters. The Bertz CT molecular complexity index is 821. The summed E-state index contributed by atoms with van der Waals surface area (Å²) in [5.41, 5.74) is -2.53. The van der Waals surface area contributed by atoms with Crippen molar-refractivity contribution in [2.24, 2.45) is 5.92 Å². The van der Waals surface area contributed by atoms with E-state index in [1.54, 1.807) is 24.4 Å². The molecule has 5 nitrogen and oxygen atoms in total. The molecule has 2 aromatic rings. The van der Waals surface area contributed by atoms with E-state index in [-0.39, 0.29) is 4.88 Å². The van der Waals surface area contributed by atoms with E-state index in [4.69, 9.17) is 0 Å². The SMILES string of the molecule is Cc1ccc(C2NC(=O)NC(O)(C(F)(F)F)C2C(=O)c2cccs2)cc1. The Morgan fingerprint density at radius 2 is 1.88 bits per heavy atom. The second-order valence-electron chi connectivity index (χ2n) is 6.07. The van der Waals surface area contributed by atoms with Crippen LogP contribution in [-0.4, -0.2) is 28.8 Å². The fourth-order valence-electron chi connectivity index (χ4n) is 2.96. The Kier molecular flexibility index (Phi) is 4.53. The number of Topliss-reactive ketones (excluding diaryl/α,β-unsaturated/α-hetero) is 1. The van der Waals surface area contributed by atoms with Crippen molar-refractivity contribution in [3.63, 3.8) is 0 Å². The standard InChI is InChI=1S/C17H15F3N2O3S/c1-9-4-6-10(7-5-9)13-12(14(23)11-3-2-8-26-11)16(25,17(18,19)20)22-15(24)21-13/h2-8,12-13,25H,1H3,(H2,21,22,24). The van der Waals surface area contributed by atoms with Crippen LogP contribution in [-0.2, 0) is 0 Å². The summed E-state index contributed by atoms with van der Waals surface area (Å²) in [7, 11) is 0. The zero-order chi connectivity index (χ0) is 19.1. The predicted molar refractivity (Wildman–Crippen MR) is 88.7 cm³/mol. The molecular weight excluding hydrogens is 369 g/mol. The quantitative estimate of drug-likeness (QED) is 0.712. The predicted octanol–water partition coefficient (Wildman–Crippen LogP) is 3.16. The van der Waals surface area contributed by atoms with Gasteiger partial charge in [0.25, 0.3) is 0 Å². The first-order valence-corrected chi connectivity index (χ1v) is 8.53. The van der Waals surface area contributed by atoms with E-state index in [1.807, 2.05) is 0 Å². The Labute approximate surface area is 150 Å². The highest BCUT2D eigenvalue weighted by Crippen LogP contribution is 2.44. The number of hydrogen-bond donors (Lipinski definition) is 3. The third-order valence-corrected chi connectivity index (χ3v) is 5.17. The summed E-state index contributed by atoms with van der Waals surface area (Å²) in [5.74, 6) is -2.89. The summed E-state index contributed by atoms with van der Waals surface area (Å²) in [5, 5.41) is 15.8. The molecule has 3 atom stereocenters. The molecule has 9 heteroatoms. The van der Waals surface area contributed by atoms with E-state index in [0.717, 1.165) is 16.9 Å². The number of aliphatic hydroxyl groups is 1. The summed E-state index contributed by atoms with van der Waals surface area (Å²) in [4.78, 5) is 24.7. The first kappa shape index (κ1) is 18.4. The third kappa shape index (κ3) is 3.08. The van der Waals surface area contributed by atoms with E-state index in [1.165, 1.54) is 29.6 Å². The highest BCUT2D eigenvalue weighted by molar-refractivity contribution is 7.12. The Balaban J connectivity index is 2.14. The first-order valence-electron chi connectivity index (χ1n) is 7.65. The van der Waals surface area contributed by atoms with Crippen LogP contribution in [0.15, 0.2) is 41.8 Å². The Morgan fingerprint density at radius 1 is 1.23 bits per heavy atom. The van der Waals surface area contributed by atoms with Crippen LogP contribution in [0.5, 0.6) is 0 Å². The molecular formula is C17H15F3N2O3S. The van der Waals surface area contributed by atoms with Crippen molar-refractivity contribution in [2.45, 2.75) is 24.9 Å². The lowest BCUT2D eigenvalue weighted by atomic mass is 9.78.